The molecule has 17 nitrogen and oxygen atoms in total. The molecule has 0 saturated heterocycles. The number of esters is 4. The average Bonchev–Trinajstić information content (AvgIpc) is 0.923. The van der Waals surface area contributed by atoms with E-state index in [4.69, 9.17) is 37.0 Å². The highest BCUT2D eigenvalue weighted by Gasteiger charge is 2.30. The Labute approximate surface area is 626 Å². The van der Waals surface area contributed by atoms with E-state index >= 15 is 0 Å². The predicted octanol–water partition coefficient (Wildman–Crippen LogP) is 25.4. The van der Waals surface area contributed by atoms with Crippen molar-refractivity contribution < 1.29 is 80.2 Å². The van der Waals surface area contributed by atoms with Gasteiger partial charge in [0.15, 0.2) is 12.2 Å². The third-order valence-electron chi connectivity index (χ3n) is 19.6. The van der Waals surface area contributed by atoms with E-state index in [1.165, 1.54) is 283 Å². The Balaban J connectivity index is 5.26. The van der Waals surface area contributed by atoms with E-state index in [2.05, 4.69) is 27.7 Å². The quantitative estimate of drug-likeness (QED) is 0.0222. The van der Waals surface area contributed by atoms with Gasteiger partial charge in [-0.2, -0.15) is 0 Å². The van der Waals surface area contributed by atoms with E-state index in [0.717, 1.165) is 89.9 Å². The number of hydrogen-bond donors (Lipinski definition) is 3. The molecule has 0 amide bonds. The molecule has 0 aliphatic rings. The Bertz CT molecular complexity index is 1930. The van der Waals surface area contributed by atoms with E-state index in [-0.39, 0.29) is 25.7 Å². The zero-order chi connectivity index (χ0) is 74.6. The summed E-state index contributed by atoms with van der Waals surface area (Å²) >= 11 is 0. The Kier molecular flexibility index (Phi) is 75.8. The zero-order valence-corrected chi connectivity index (χ0v) is 68.4. The minimum atomic E-state index is -4.96. The molecule has 102 heavy (non-hydrogen) atoms. The summed E-state index contributed by atoms with van der Waals surface area (Å²) in [6.07, 6.45) is 70.5. The first-order valence-electron chi connectivity index (χ1n) is 43.3. The Morgan fingerprint density at radius 3 is 0.578 bits per heavy atom. The van der Waals surface area contributed by atoms with Gasteiger partial charge in [-0.1, -0.05) is 400 Å². The minimum absolute atomic E-state index is 0.109. The third kappa shape index (κ3) is 76.3. The lowest BCUT2D eigenvalue weighted by Crippen LogP contribution is -2.30. The molecule has 5 atom stereocenters. The molecule has 0 rings (SSSR count). The molecule has 2 unspecified atom stereocenters. The van der Waals surface area contributed by atoms with Crippen LogP contribution in [-0.2, 0) is 65.4 Å². The number of aliphatic hydroxyl groups excluding tert-OH is 1. The van der Waals surface area contributed by atoms with Gasteiger partial charge in [0.1, 0.15) is 19.3 Å². The fourth-order valence-electron chi connectivity index (χ4n) is 13.0. The standard InChI is InChI=1S/C83H162O17P2/c1-5-9-13-17-21-25-29-33-37-38-42-44-48-52-56-60-64-68-81(86)94-74-79(100-83(88)70-66-62-58-54-50-46-41-36-32-28-24-20-16-12-8-4)76-98-102(91,92)96-72-77(84)71-95-101(89,90)97-75-78(99-82(87)69-65-61-57-53-49-45-40-35-31-27-23-19-15-11-7-3)73-93-80(85)67-63-59-55-51-47-43-39-34-30-26-22-18-14-10-6-2/h77-79,84H,5-76H2,1-4H3,(H,89,90)(H,91,92)/t77-,78+,79+/m0/s1. The highest BCUT2D eigenvalue weighted by molar-refractivity contribution is 7.47. The fourth-order valence-corrected chi connectivity index (χ4v) is 14.6. The maximum Gasteiger partial charge on any atom is 0.472 e. The number of rotatable bonds is 84. The monoisotopic (exact) mass is 1490 g/mol. The van der Waals surface area contributed by atoms with Crippen molar-refractivity contribution in [2.75, 3.05) is 39.6 Å². The van der Waals surface area contributed by atoms with Crippen LogP contribution < -0.4 is 0 Å². The first kappa shape index (κ1) is 100. The van der Waals surface area contributed by atoms with Gasteiger partial charge in [-0.15, -0.1) is 0 Å². The molecule has 3 N–H and O–H groups in total. The van der Waals surface area contributed by atoms with Crippen molar-refractivity contribution in [3.8, 4) is 0 Å². The van der Waals surface area contributed by atoms with Gasteiger partial charge in [-0.05, 0) is 25.7 Å². The summed E-state index contributed by atoms with van der Waals surface area (Å²) in [5.74, 6) is -2.10. The predicted molar refractivity (Wildman–Crippen MR) is 419 cm³/mol. The number of phosphoric acid groups is 2. The van der Waals surface area contributed by atoms with Gasteiger partial charge in [0, 0.05) is 25.7 Å². The highest BCUT2D eigenvalue weighted by Crippen LogP contribution is 2.45. The van der Waals surface area contributed by atoms with Crippen LogP contribution in [0.5, 0.6) is 0 Å². The van der Waals surface area contributed by atoms with Gasteiger partial charge in [0.2, 0.25) is 0 Å². The fraction of sp³-hybridized carbons (Fsp3) is 0.952. The Morgan fingerprint density at radius 1 is 0.235 bits per heavy atom. The van der Waals surface area contributed by atoms with Crippen LogP contribution in [0.2, 0.25) is 0 Å². The molecular formula is C83H162O17P2. The second-order valence-electron chi connectivity index (χ2n) is 29.9. The van der Waals surface area contributed by atoms with Crippen molar-refractivity contribution in [3.05, 3.63) is 0 Å². The molecule has 0 aliphatic heterocycles. The van der Waals surface area contributed by atoms with Crippen molar-refractivity contribution in [1.29, 1.82) is 0 Å². The van der Waals surface area contributed by atoms with Crippen molar-refractivity contribution in [2.24, 2.45) is 0 Å². The molecular weight excluding hydrogens is 1330 g/mol. The average molecular weight is 1490 g/mol. The van der Waals surface area contributed by atoms with Crippen molar-refractivity contribution >= 4 is 39.5 Å². The summed E-state index contributed by atoms with van der Waals surface area (Å²) in [5.41, 5.74) is 0. The van der Waals surface area contributed by atoms with Crippen LogP contribution in [0, 0.1) is 0 Å². The maximum absolute atomic E-state index is 13.1. The number of carbonyl (C=O) groups excluding carboxylic acids is 4. The smallest absolute Gasteiger partial charge is 0.462 e. The molecule has 0 aromatic carbocycles. The van der Waals surface area contributed by atoms with E-state index in [1.54, 1.807) is 0 Å². The molecule has 19 heteroatoms. The number of phosphoric ester groups is 2. The summed E-state index contributed by atoms with van der Waals surface area (Å²) < 4.78 is 68.9. The van der Waals surface area contributed by atoms with Gasteiger partial charge in [-0.25, -0.2) is 9.13 Å². The second-order valence-corrected chi connectivity index (χ2v) is 32.8. The minimum Gasteiger partial charge on any atom is -0.462 e. The van der Waals surface area contributed by atoms with Crippen molar-refractivity contribution in [3.63, 3.8) is 0 Å². The van der Waals surface area contributed by atoms with Crippen molar-refractivity contribution in [2.45, 2.75) is 470 Å². The lowest BCUT2D eigenvalue weighted by Gasteiger charge is -2.21. The Hall–Kier alpha value is -1.94. The first-order valence-corrected chi connectivity index (χ1v) is 46.3. The van der Waals surface area contributed by atoms with E-state index < -0.39 is 97.5 Å². The molecule has 0 aromatic heterocycles. The lowest BCUT2D eigenvalue weighted by atomic mass is 10.0. The van der Waals surface area contributed by atoms with Crippen LogP contribution >= 0.6 is 15.6 Å². The third-order valence-corrected chi connectivity index (χ3v) is 21.5. The van der Waals surface area contributed by atoms with Gasteiger partial charge < -0.3 is 33.8 Å². The second kappa shape index (κ2) is 77.2. The van der Waals surface area contributed by atoms with Crippen molar-refractivity contribution in [1.82, 2.24) is 0 Å². The van der Waals surface area contributed by atoms with Crippen LogP contribution in [0.4, 0.5) is 0 Å². The molecule has 0 aromatic rings. The highest BCUT2D eigenvalue weighted by atomic mass is 31.2. The molecule has 0 radical (unpaired) electrons. The molecule has 0 heterocycles. The molecule has 0 fully saturated rings. The van der Waals surface area contributed by atoms with E-state index in [0.29, 0.717) is 25.7 Å². The first-order chi connectivity index (χ1) is 49.7. The van der Waals surface area contributed by atoms with Gasteiger partial charge in [-0.3, -0.25) is 37.3 Å². The van der Waals surface area contributed by atoms with Crippen LogP contribution in [0.15, 0.2) is 0 Å². The summed E-state index contributed by atoms with van der Waals surface area (Å²) in [4.78, 5) is 73.2. The number of ether oxygens (including phenoxy) is 4. The van der Waals surface area contributed by atoms with Gasteiger partial charge in [0.25, 0.3) is 0 Å². The summed E-state index contributed by atoms with van der Waals surface area (Å²) in [7, 11) is -9.92. The molecule has 0 saturated carbocycles. The normalized spacial score (nSPS) is 13.8. The molecule has 0 aliphatic carbocycles. The SMILES string of the molecule is CCCCCCCCCCCCCCCCCCCC(=O)OC[C@H](COP(=O)(O)OC[C@@H](O)COP(=O)(O)OC[C@@H](COC(=O)CCCCCCCCCCCCCCCCC)OC(=O)CCCCCCCCCCCCCCCCC)OC(=O)CCCCCCCCCCCCCCCCC. The Morgan fingerprint density at radius 2 is 0.392 bits per heavy atom. The summed E-state index contributed by atoms with van der Waals surface area (Å²) in [6, 6.07) is 0. The van der Waals surface area contributed by atoms with Crippen LogP contribution in [-0.4, -0.2) is 96.7 Å². The topological polar surface area (TPSA) is 237 Å². The zero-order valence-electron chi connectivity index (χ0n) is 66.6. The largest absolute Gasteiger partial charge is 0.472 e. The lowest BCUT2D eigenvalue weighted by molar-refractivity contribution is -0.161. The number of carbonyl (C=O) groups is 4. The van der Waals surface area contributed by atoms with E-state index in [9.17, 15) is 43.2 Å². The van der Waals surface area contributed by atoms with Crippen LogP contribution in [0.1, 0.15) is 451 Å². The van der Waals surface area contributed by atoms with E-state index in [1.807, 2.05) is 0 Å². The molecule has 606 valence electrons. The number of hydrogen-bond acceptors (Lipinski definition) is 15. The van der Waals surface area contributed by atoms with Crippen LogP contribution in [0.25, 0.3) is 0 Å². The number of aliphatic hydroxyl groups is 1. The number of unbranched alkanes of at least 4 members (excludes halogenated alkanes) is 58. The summed E-state index contributed by atoms with van der Waals surface area (Å²) in [6.45, 7) is 5.06. The van der Waals surface area contributed by atoms with Gasteiger partial charge in [0.05, 0.1) is 26.4 Å². The summed E-state index contributed by atoms with van der Waals surface area (Å²) in [5, 5.41) is 10.7. The molecule has 0 bridgehead atoms. The van der Waals surface area contributed by atoms with Crippen LogP contribution in [0.3, 0.4) is 0 Å². The van der Waals surface area contributed by atoms with Gasteiger partial charge >= 0.3 is 39.5 Å². The molecule has 0 spiro atoms. The maximum atomic E-state index is 13.1.